The lowest BCUT2D eigenvalue weighted by molar-refractivity contribution is 0.543. The molecule has 0 saturated heterocycles. The second-order valence-corrected chi connectivity index (χ2v) is 4.43. The van der Waals surface area contributed by atoms with E-state index in [-0.39, 0.29) is 5.56 Å². The van der Waals surface area contributed by atoms with Crippen molar-refractivity contribution in [2.75, 3.05) is 0 Å². The summed E-state index contributed by atoms with van der Waals surface area (Å²) >= 11 is 0. The molecular formula is C14H13NO2. The molecule has 3 heteroatoms. The maximum Gasteiger partial charge on any atom is 0.355 e. The van der Waals surface area contributed by atoms with Gasteiger partial charge >= 0.3 is 5.63 Å². The molecule has 0 radical (unpaired) electrons. The molecule has 1 aliphatic heterocycles. The van der Waals surface area contributed by atoms with Gasteiger partial charge in [-0.2, -0.15) is 5.26 Å². The van der Waals surface area contributed by atoms with Crippen LogP contribution in [0.5, 0.6) is 0 Å². The van der Waals surface area contributed by atoms with E-state index >= 15 is 0 Å². The SMILES string of the molecule is Cc1ccc(C(C)C)cc2oc(=O)c(C#N)c1-2. The van der Waals surface area contributed by atoms with Gasteiger partial charge in [-0.25, -0.2) is 4.79 Å². The zero-order valence-electron chi connectivity index (χ0n) is 10.1. The van der Waals surface area contributed by atoms with Crippen molar-refractivity contribution >= 4 is 0 Å². The van der Waals surface area contributed by atoms with E-state index in [1.807, 2.05) is 31.2 Å². The monoisotopic (exact) mass is 227 g/mol. The lowest BCUT2D eigenvalue weighted by Crippen LogP contribution is -1.96. The Hall–Kier alpha value is -2.08. The molecule has 0 aromatic rings. The van der Waals surface area contributed by atoms with Crippen LogP contribution < -0.4 is 5.63 Å². The second kappa shape index (κ2) is 4.06. The lowest BCUT2D eigenvalue weighted by Gasteiger charge is -2.00. The zero-order chi connectivity index (χ0) is 12.6. The van der Waals surface area contributed by atoms with Crippen LogP contribution in [-0.4, -0.2) is 0 Å². The first-order valence-corrected chi connectivity index (χ1v) is 5.52. The van der Waals surface area contributed by atoms with Crippen LogP contribution in [0.4, 0.5) is 0 Å². The molecule has 0 fully saturated rings. The van der Waals surface area contributed by atoms with Crippen molar-refractivity contribution in [2.45, 2.75) is 26.7 Å². The van der Waals surface area contributed by atoms with Crippen LogP contribution in [0, 0.1) is 18.3 Å². The Morgan fingerprint density at radius 1 is 1.35 bits per heavy atom. The van der Waals surface area contributed by atoms with Gasteiger partial charge in [0.2, 0.25) is 0 Å². The summed E-state index contributed by atoms with van der Waals surface area (Å²) in [5.74, 6) is 0.841. The fourth-order valence-electron chi connectivity index (χ4n) is 1.89. The maximum atomic E-state index is 11.5. The normalized spacial score (nSPS) is 10.8. The van der Waals surface area contributed by atoms with Gasteiger partial charge in [0, 0.05) is 5.56 Å². The Kier molecular flexibility index (Phi) is 2.72. The van der Waals surface area contributed by atoms with Gasteiger partial charge in [0.15, 0.2) is 0 Å². The smallest absolute Gasteiger partial charge is 0.355 e. The van der Waals surface area contributed by atoms with E-state index in [0.717, 1.165) is 11.1 Å². The zero-order valence-corrected chi connectivity index (χ0v) is 10.1. The van der Waals surface area contributed by atoms with Gasteiger partial charge in [0.25, 0.3) is 0 Å². The number of hydrogen-bond acceptors (Lipinski definition) is 3. The molecule has 17 heavy (non-hydrogen) atoms. The molecule has 0 aromatic heterocycles. The largest absolute Gasteiger partial charge is 0.422 e. The van der Waals surface area contributed by atoms with Crippen molar-refractivity contribution in [1.29, 1.82) is 5.26 Å². The fourth-order valence-corrected chi connectivity index (χ4v) is 1.89. The molecule has 2 aliphatic rings. The van der Waals surface area contributed by atoms with E-state index in [1.165, 1.54) is 0 Å². The molecule has 0 bridgehead atoms. The van der Waals surface area contributed by atoms with E-state index in [9.17, 15) is 4.79 Å². The lowest BCUT2D eigenvalue weighted by atomic mass is 10.0. The van der Waals surface area contributed by atoms with Gasteiger partial charge in [0.05, 0.1) is 0 Å². The first-order chi connectivity index (χ1) is 8.04. The number of furan rings is 1. The predicted octanol–water partition coefficient (Wildman–Crippen LogP) is 3.05. The summed E-state index contributed by atoms with van der Waals surface area (Å²) in [5, 5.41) is 8.98. The highest BCUT2D eigenvalue weighted by Gasteiger charge is 2.19. The molecule has 0 spiro atoms. The topological polar surface area (TPSA) is 54.0 Å². The van der Waals surface area contributed by atoms with Crippen LogP contribution in [-0.2, 0) is 0 Å². The van der Waals surface area contributed by atoms with Crippen LogP contribution in [0.15, 0.2) is 27.4 Å². The maximum absolute atomic E-state index is 11.5. The Balaban J connectivity index is 2.84. The van der Waals surface area contributed by atoms with Crippen molar-refractivity contribution in [3.8, 4) is 17.4 Å². The van der Waals surface area contributed by atoms with E-state index < -0.39 is 5.63 Å². The standard InChI is InChI=1S/C14H13NO2/c1-8(2)10-5-4-9(3)13-11(7-15)14(16)17-12(13)6-10/h4-6,8H,1-3H3. The van der Waals surface area contributed by atoms with Gasteiger partial charge in [-0.3, -0.25) is 0 Å². The van der Waals surface area contributed by atoms with Gasteiger partial charge < -0.3 is 4.42 Å². The first kappa shape index (κ1) is 11.4. The average Bonchev–Trinajstić information content (AvgIpc) is 2.50. The van der Waals surface area contributed by atoms with E-state index in [4.69, 9.17) is 9.68 Å². The summed E-state index contributed by atoms with van der Waals surface area (Å²) in [4.78, 5) is 11.5. The molecule has 0 saturated carbocycles. The van der Waals surface area contributed by atoms with E-state index in [0.29, 0.717) is 17.2 Å². The number of nitriles is 1. The van der Waals surface area contributed by atoms with Gasteiger partial charge in [-0.15, -0.1) is 0 Å². The summed E-state index contributed by atoms with van der Waals surface area (Å²) in [6, 6.07) is 7.68. The van der Waals surface area contributed by atoms with Gasteiger partial charge in [-0.05, 0) is 30.0 Å². The van der Waals surface area contributed by atoms with Crippen molar-refractivity contribution in [3.63, 3.8) is 0 Å². The summed E-state index contributed by atoms with van der Waals surface area (Å²) < 4.78 is 5.14. The van der Waals surface area contributed by atoms with Crippen LogP contribution in [0.2, 0.25) is 0 Å². The van der Waals surface area contributed by atoms with Crippen molar-refractivity contribution in [3.05, 3.63) is 45.3 Å². The number of nitrogens with zero attached hydrogens (tertiary/aromatic N) is 1. The predicted molar refractivity (Wildman–Crippen MR) is 65.1 cm³/mol. The highest BCUT2D eigenvalue weighted by molar-refractivity contribution is 5.70. The highest BCUT2D eigenvalue weighted by Crippen LogP contribution is 2.29. The molecular weight excluding hydrogens is 214 g/mol. The summed E-state index contributed by atoms with van der Waals surface area (Å²) in [7, 11) is 0. The number of hydrogen-bond donors (Lipinski definition) is 0. The van der Waals surface area contributed by atoms with Crippen molar-refractivity contribution < 1.29 is 4.42 Å². The summed E-state index contributed by atoms with van der Waals surface area (Å²) in [6.07, 6.45) is 0. The molecule has 86 valence electrons. The summed E-state index contributed by atoms with van der Waals surface area (Å²) in [6.45, 7) is 6.02. The molecule has 3 nitrogen and oxygen atoms in total. The molecule has 0 amide bonds. The third-order valence-corrected chi connectivity index (χ3v) is 2.90. The van der Waals surface area contributed by atoms with Crippen LogP contribution in [0.25, 0.3) is 11.3 Å². The minimum absolute atomic E-state index is 0.100. The number of rotatable bonds is 1. The summed E-state index contributed by atoms with van der Waals surface area (Å²) in [5.41, 5.74) is 2.15. The molecule has 0 atom stereocenters. The molecule has 1 aliphatic carbocycles. The number of aryl methyl sites for hydroxylation is 1. The Bertz CT molecular complexity index is 632. The van der Waals surface area contributed by atoms with E-state index in [2.05, 4.69) is 13.8 Å². The van der Waals surface area contributed by atoms with E-state index in [1.54, 1.807) is 0 Å². The minimum Gasteiger partial charge on any atom is -0.422 e. The highest BCUT2D eigenvalue weighted by atomic mass is 16.4. The van der Waals surface area contributed by atoms with Crippen LogP contribution >= 0.6 is 0 Å². The third kappa shape index (κ3) is 1.83. The molecule has 1 heterocycles. The molecule has 0 N–H and O–H groups in total. The average molecular weight is 227 g/mol. The van der Waals surface area contributed by atoms with Crippen LogP contribution in [0.1, 0.15) is 36.5 Å². The fraction of sp³-hybridized carbons (Fsp3) is 0.286. The first-order valence-electron chi connectivity index (χ1n) is 5.52. The molecule has 0 aromatic carbocycles. The van der Waals surface area contributed by atoms with Crippen molar-refractivity contribution in [1.82, 2.24) is 0 Å². The molecule has 0 unspecified atom stereocenters. The minimum atomic E-state index is -0.550. The Morgan fingerprint density at radius 2 is 2.06 bits per heavy atom. The third-order valence-electron chi connectivity index (χ3n) is 2.90. The Labute approximate surface area is 99.7 Å². The second-order valence-electron chi connectivity index (χ2n) is 4.43. The Morgan fingerprint density at radius 3 is 2.65 bits per heavy atom. The van der Waals surface area contributed by atoms with Crippen molar-refractivity contribution in [2.24, 2.45) is 0 Å². The molecule has 2 rings (SSSR count). The quantitative estimate of drug-likeness (QED) is 0.752. The van der Waals surface area contributed by atoms with Crippen LogP contribution in [0.3, 0.4) is 0 Å². The number of fused-ring (bicyclic) bond motifs is 1. The van der Waals surface area contributed by atoms with Gasteiger partial charge in [-0.1, -0.05) is 26.0 Å². The van der Waals surface area contributed by atoms with Gasteiger partial charge in [0.1, 0.15) is 17.4 Å².